The average molecular weight is 450 g/mol. The number of carbonyl (C=O) groups excluding carboxylic acids is 1. The lowest BCUT2D eigenvalue weighted by Crippen LogP contribution is -2.46. The first kappa shape index (κ1) is 22.8. The number of aromatic nitrogens is 2. The number of hydrogen-bond donors (Lipinski definition) is 1. The third-order valence-corrected chi connectivity index (χ3v) is 6.42. The second-order valence-electron chi connectivity index (χ2n) is 8.40. The molecule has 1 fully saturated rings. The number of amides is 1. The normalized spacial score (nSPS) is 14.6. The topological polar surface area (TPSA) is 79.6 Å². The number of fused-ring (bicyclic) bond motifs is 1. The maximum atomic E-state index is 12.9. The molecule has 1 saturated heterocycles. The molecule has 0 unspecified atom stereocenters. The summed E-state index contributed by atoms with van der Waals surface area (Å²) >= 11 is 0. The Balaban J connectivity index is 1.54. The van der Waals surface area contributed by atoms with Crippen LogP contribution in [0.3, 0.4) is 0 Å². The summed E-state index contributed by atoms with van der Waals surface area (Å²) in [5.41, 5.74) is 2.49. The highest BCUT2D eigenvalue weighted by Crippen LogP contribution is 2.24. The second-order valence-corrected chi connectivity index (χ2v) is 8.40. The largest absolute Gasteiger partial charge is 0.369 e. The van der Waals surface area contributed by atoms with E-state index in [-0.39, 0.29) is 24.6 Å². The summed E-state index contributed by atoms with van der Waals surface area (Å²) in [6.07, 6.45) is 0. The van der Waals surface area contributed by atoms with Crippen molar-refractivity contribution in [2.24, 2.45) is 0 Å². The summed E-state index contributed by atoms with van der Waals surface area (Å²) in [5.74, 6) is -0.309. The van der Waals surface area contributed by atoms with Crippen LogP contribution in [-0.2, 0) is 17.9 Å². The van der Waals surface area contributed by atoms with Gasteiger partial charge in [0.25, 0.3) is 5.56 Å². The number of nitrogens with one attached hydrogen (secondary N) is 1. The quantitative estimate of drug-likeness (QED) is 0.625. The Bertz CT molecular complexity index is 1290. The number of piperazine rings is 1. The predicted molar refractivity (Wildman–Crippen MR) is 132 cm³/mol. The van der Waals surface area contributed by atoms with Crippen LogP contribution in [0.5, 0.6) is 0 Å². The number of anilines is 2. The number of para-hydroxylation sites is 1. The zero-order valence-corrected chi connectivity index (χ0v) is 19.5. The number of hydrogen-bond acceptors (Lipinski definition) is 5. The molecule has 8 heteroatoms. The Morgan fingerprint density at radius 3 is 2.33 bits per heavy atom. The van der Waals surface area contributed by atoms with E-state index in [2.05, 4.69) is 28.1 Å². The van der Waals surface area contributed by atoms with Crippen LogP contribution in [0.15, 0.2) is 52.1 Å². The molecule has 1 N–H and O–H groups in total. The van der Waals surface area contributed by atoms with E-state index in [1.54, 1.807) is 31.2 Å². The highest BCUT2D eigenvalue weighted by molar-refractivity contribution is 5.92. The predicted octanol–water partition coefficient (Wildman–Crippen LogP) is 2.27. The molecule has 33 heavy (non-hydrogen) atoms. The summed E-state index contributed by atoms with van der Waals surface area (Å²) in [7, 11) is 0. The third kappa shape index (κ3) is 4.57. The standard InChI is InChI=1S/C25H31N5O3/c1-4-27-12-14-28(15-13-27)19-10-11-21(18(3)16-19)26-23(31)17-30-22-9-7-6-8-20(22)24(32)29(5-2)25(30)33/h6-11,16H,4-5,12-15,17H2,1-3H3,(H,26,31). The van der Waals surface area contributed by atoms with Gasteiger partial charge >= 0.3 is 5.69 Å². The van der Waals surface area contributed by atoms with Crippen molar-refractivity contribution in [1.29, 1.82) is 0 Å². The molecule has 0 spiro atoms. The van der Waals surface area contributed by atoms with Gasteiger partial charge < -0.3 is 15.1 Å². The molecule has 4 rings (SSSR count). The zero-order chi connectivity index (χ0) is 23.5. The summed E-state index contributed by atoms with van der Waals surface area (Å²) < 4.78 is 2.53. The van der Waals surface area contributed by atoms with Gasteiger partial charge in [0.15, 0.2) is 0 Å². The van der Waals surface area contributed by atoms with E-state index in [0.717, 1.165) is 54.2 Å². The van der Waals surface area contributed by atoms with Crippen molar-refractivity contribution in [1.82, 2.24) is 14.0 Å². The van der Waals surface area contributed by atoms with Gasteiger partial charge in [-0.15, -0.1) is 0 Å². The van der Waals surface area contributed by atoms with E-state index >= 15 is 0 Å². The minimum Gasteiger partial charge on any atom is -0.369 e. The summed E-state index contributed by atoms with van der Waals surface area (Å²) in [6.45, 7) is 11.1. The molecular formula is C25H31N5O3. The van der Waals surface area contributed by atoms with Gasteiger partial charge in [-0.2, -0.15) is 0 Å². The lowest BCUT2D eigenvalue weighted by Gasteiger charge is -2.35. The van der Waals surface area contributed by atoms with Crippen LogP contribution < -0.4 is 21.5 Å². The van der Waals surface area contributed by atoms with Gasteiger partial charge in [-0.1, -0.05) is 19.1 Å². The first-order valence-corrected chi connectivity index (χ1v) is 11.5. The van der Waals surface area contributed by atoms with Crippen LogP contribution in [0.2, 0.25) is 0 Å². The van der Waals surface area contributed by atoms with Gasteiger partial charge in [0.1, 0.15) is 6.54 Å². The van der Waals surface area contributed by atoms with Crippen molar-refractivity contribution in [3.8, 4) is 0 Å². The van der Waals surface area contributed by atoms with Crippen molar-refractivity contribution in [2.45, 2.75) is 33.9 Å². The highest BCUT2D eigenvalue weighted by Gasteiger charge is 2.18. The van der Waals surface area contributed by atoms with Crippen molar-refractivity contribution < 1.29 is 4.79 Å². The molecule has 1 aliphatic heterocycles. The van der Waals surface area contributed by atoms with Crippen LogP contribution in [0, 0.1) is 6.92 Å². The minimum absolute atomic E-state index is 0.167. The fourth-order valence-electron chi connectivity index (χ4n) is 4.44. The Kier molecular flexibility index (Phi) is 6.65. The van der Waals surface area contributed by atoms with Crippen molar-refractivity contribution >= 4 is 28.2 Å². The van der Waals surface area contributed by atoms with Gasteiger partial charge in [-0.3, -0.25) is 18.7 Å². The number of benzene rings is 2. The SMILES string of the molecule is CCN1CCN(c2ccc(NC(=O)Cn3c(=O)n(CC)c(=O)c4ccccc43)c(C)c2)CC1. The molecule has 0 saturated carbocycles. The Morgan fingerprint density at radius 1 is 0.939 bits per heavy atom. The fourth-order valence-corrected chi connectivity index (χ4v) is 4.44. The first-order chi connectivity index (χ1) is 15.9. The molecule has 1 aromatic heterocycles. The molecular weight excluding hydrogens is 418 g/mol. The minimum atomic E-state index is -0.477. The lowest BCUT2D eigenvalue weighted by molar-refractivity contribution is -0.116. The molecule has 0 atom stereocenters. The second kappa shape index (κ2) is 9.62. The molecule has 1 aliphatic rings. The van der Waals surface area contributed by atoms with Crippen LogP contribution in [0.25, 0.3) is 10.9 Å². The third-order valence-electron chi connectivity index (χ3n) is 6.42. The van der Waals surface area contributed by atoms with E-state index in [0.29, 0.717) is 10.9 Å². The molecule has 8 nitrogen and oxygen atoms in total. The van der Waals surface area contributed by atoms with E-state index in [4.69, 9.17) is 0 Å². The van der Waals surface area contributed by atoms with Gasteiger partial charge in [-0.25, -0.2) is 4.79 Å². The number of likely N-dealkylation sites (N-methyl/N-ethyl adjacent to an activating group) is 1. The zero-order valence-electron chi connectivity index (χ0n) is 19.5. The average Bonchev–Trinajstić information content (AvgIpc) is 2.83. The van der Waals surface area contributed by atoms with Crippen LogP contribution in [0.1, 0.15) is 19.4 Å². The molecule has 0 radical (unpaired) electrons. The number of rotatable bonds is 6. The van der Waals surface area contributed by atoms with Gasteiger partial charge in [0, 0.05) is 44.1 Å². The monoisotopic (exact) mass is 449 g/mol. The van der Waals surface area contributed by atoms with Crippen LogP contribution >= 0.6 is 0 Å². The number of nitrogens with zero attached hydrogens (tertiary/aromatic N) is 4. The molecule has 1 amide bonds. The molecule has 174 valence electrons. The number of carbonyl (C=O) groups is 1. The van der Waals surface area contributed by atoms with E-state index in [1.807, 2.05) is 19.1 Å². The molecule has 2 heterocycles. The van der Waals surface area contributed by atoms with Gasteiger partial charge in [-0.05, 0) is 56.3 Å². The summed E-state index contributed by atoms with van der Waals surface area (Å²) in [5, 5.41) is 3.36. The molecule has 2 aromatic carbocycles. The van der Waals surface area contributed by atoms with E-state index in [1.165, 1.54) is 4.57 Å². The summed E-state index contributed by atoms with van der Waals surface area (Å²) in [4.78, 5) is 43.2. The molecule has 3 aromatic rings. The van der Waals surface area contributed by atoms with Gasteiger partial charge in [0.05, 0.1) is 10.9 Å². The summed E-state index contributed by atoms with van der Waals surface area (Å²) in [6, 6.07) is 12.9. The van der Waals surface area contributed by atoms with Crippen molar-refractivity contribution in [3.05, 3.63) is 68.9 Å². The maximum Gasteiger partial charge on any atom is 0.331 e. The Hall–Kier alpha value is -3.39. The number of aryl methyl sites for hydroxylation is 1. The fraction of sp³-hybridized carbons (Fsp3) is 0.400. The smallest absolute Gasteiger partial charge is 0.331 e. The van der Waals surface area contributed by atoms with Crippen molar-refractivity contribution in [3.63, 3.8) is 0 Å². The van der Waals surface area contributed by atoms with Crippen LogP contribution in [-0.4, -0.2) is 52.7 Å². The molecule has 0 aliphatic carbocycles. The van der Waals surface area contributed by atoms with Crippen molar-refractivity contribution in [2.75, 3.05) is 42.9 Å². The highest BCUT2D eigenvalue weighted by atomic mass is 16.2. The molecule has 0 bridgehead atoms. The maximum absolute atomic E-state index is 12.9. The Morgan fingerprint density at radius 2 is 1.67 bits per heavy atom. The lowest BCUT2D eigenvalue weighted by atomic mass is 10.1. The first-order valence-electron chi connectivity index (χ1n) is 11.5. The Labute approximate surface area is 193 Å². The van der Waals surface area contributed by atoms with Gasteiger partial charge in [0.2, 0.25) is 5.91 Å². The van der Waals surface area contributed by atoms with E-state index < -0.39 is 5.69 Å². The van der Waals surface area contributed by atoms with E-state index in [9.17, 15) is 14.4 Å². The van der Waals surface area contributed by atoms with Crippen LogP contribution in [0.4, 0.5) is 11.4 Å².